The first-order valence-electron chi connectivity index (χ1n) is 13.1. The Kier molecular flexibility index (Phi) is 7.36. The molecular weight excluding hydrogens is 476 g/mol. The van der Waals surface area contributed by atoms with Crippen LogP contribution in [0.4, 0.5) is 0 Å². The van der Waals surface area contributed by atoms with Gasteiger partial charge < -0.3 is 14.7 Å². The minimum Gasteiger partial charge on any atom is -0.349 e. The van der Waals surface area contributed by atoms with Gasteiger partial charge in [-0.25, -0.2) is 0 Å². The van der Waals surface area contributed by atoms with Crippen molar-refractivity contribution in [3.63, 3.8) is 0 Å². The topological polar surface area (TPSA) is 88.3 Å². The SMILES string of the molecule is CCc1nc(-c2ccc(C(=O)N3CCC(C(=O)N[C@@H](C)c4ccccc4)(c4ccccc4)CC3)cc2)no1. The number of hydrogen-bond acceptors (Lipinski definition) is 5. The summed E-state index contributed by atoms with van der Waals surface area (Å²) in [5.41, 5.74) is 2.76. The van der Waals surface area contributed by atoms with Crippen LogP contribution in [0.15, 0.2) is 89.5 Å². The second kappa shape index (κ2) is 11.0. The van der Waals surface area contributed by atoms with Gasteiger partial charge >= 0.3 is 0 Å². The predicted molar refractivity (Wildman–Crippen MR) is 145 cm³/mol. The Bertz CT molecular complexity index is 1380. The highest BCUT2D eigenvalue weighted by atomic mass is 16.5. The Morgan fingerprint density at radius 1 is 0.947 bits per heavy atom. The molecule has 38 heavy (non-hydrogen) atoms. The molecule has 0 saturated carbocycles. The summed E-state index contributed by atoms with van der Waals surface area (Å²) in [6.45, 7) is 4.95. The fourth-order valence-electron chi connectivity index (χ4n) is 5.12. The summed E-state index contributed by atoms with van der Waals surface area (Å²) in [6.07, 6.45) is 1.78. The van der Waals surface area contributed by atoms with Crippen LogP contribution in [-0.4, -0.2) is 39.9 Å². The number of carbonyl (C=O) groups is 2. The molecule has 1 N–H and O–H groups in total. The van der Waals surface area contributed by atoms with Crippen LogP contribution in [0.5, 0.6) is 0 Å². The maximum atomic E-state index is 13.8. The predicted octanol–water partition coefficient (Wildman–Crippen LogP) is 5.35. The first-order chi connectivity index (χ1) is 18.5. The lowest BCUT2D eigenvalue weighted by Gasteiger charge is -2.41. The van der Waals surface area contributed by atoms with Crippen molar-refractivity contribution >= 4 is 11.8 Å². The maximum absolute atomic E-state index is 13.8. The summed E-state index contributed by atoms with van der Waals surface area (Å²) in [5, 5.41) is 7.25. The Morgan fingerprint density at radius 3 is 2.18 bits per heavy atom. The number of amides is 2. The number of benzene rings is 3. The molecular formula is C31H32N4O3. The first-order valence-corrected chi connectivity index (χ1v) is 13.1. The zero-order valence-electron chi connectivity index (χ0n) is 21.8. The number of aromatic nitrogens is 2. The number of nitrogens with zero attached hydrogens (tertiary/aromatic N) is 3. The molecule has 7 nitrogen and oxygen atoms in total. The van der Waals surface area contributed by atoms with Crippen LogP contribution in [0, 0.1) is 0 Å². The molecule has 0 radical (unpaired) electrons. The van der Waals surface area contributed by atoms with Gasteiger partial charge in [-0.05, 0) is 43.0 Å². The van der Waals surface area contributed by atoms with Crippen LogP contribution >= 0.6 is 0 Å². The van der Waals surface area contributed by atoms with Gasteiger partial charge in [0.15, 0.2) is 0 Å². The fourth-order valence-corrected chi connectivity index (χ4v) is 5.12. The third kappa shape index (κ3) is 5.09. The number of aryl methyl sites for hydroxylation is 1. The summed E-state index contributed by atoms with van der Waals surface area (Å²) in [6, 6.07) is 27.1. The lowest BCUT2D eigenvalue weighted by molar-refractivity contribution is -0.129. The molecule has 2 heterocycles. The molecule has 4 aromatic rings. The van der Waals surface area contributed by atoms with Crippen LogP contribution in [0.25, 0.3) is 11.4 Å². The van der Waals surface area contributed by atoms with Gasteiger partial charge in [-0.15, -0.1) is 0 Å². The first kappa shape index (κ1) is 25.4. The second-order valence-electron chi connectivity index (χ2n) is 9.79. The van der Waals surface area contributed by atoms with Crippen LogP contribution in [0.1, 0.15) is 60.1 Å². The van der Waals surface area contributed by atoms with E-state index in [-0.39, 0.29) is 17.9 Å². The zero-order chi connectivity index (χ0) is 26.5. The standard InChI is InChI=1S/C31H32N4O3/c1-3-27-33-28(34-38-27)24-14-16-25(17-15-24)29(36)35-20-18-31(19-21-35,26-12-8-5-9-13-26)30(37)32-22(2)23-10-6-4-7-11-23/h4-17,22H,3,18-21H2,1-2H3,(H,32,37)/t22-/m0/s1. The summed E-state index contributed by atoms with van der Waals surface area (Å²) in [7, 11) is 0. The number of rotatable bonds is 7. The molecule has 3 aromatic carbocycles. The minimum absolute atomic E-state index is 0.00284. The van der Waals surface area contributed by atoms with Gasteiger partial charge in [0.05, 0.1) is 11.5 Å². The van der Waals surface area contributed by atoms with Gasteiger partial charge in [0, 0.05) is 30.6 Å². The Hall–Kier alpha value is -4.26. The van der Waals surface area contributed by atoms with E-state index in [4.69, 9.17) is 4.52 Å². The molecule has 194 valence electrons. The average Bonchev–Trinajstić information content (AvgIpc) is 3.47. The van der Waals surface area contributed by atoms with Gasteiger partial charge in [-0.1, -0.05) is 84.9 Å². The molecule has 7 heteroatoms. The fraction of sp³-hybridized carbons (Fsp3) is 0.290. The Labute approximate surface area is 222 Å². The van der Waals surface area contributed by atoms with Crippen molar-refractivity contribution in [3.8, 4) is 11.4 Å². The van der Waals surface area contributed by atoms with Crippen LogP contribution in [0.2, 0.25) is 0 Å². The molecule has 1 atom stereocenters. The van der Waals surface area contributed by atoms with Gasteiger partial charge in [0.1, 0.15) is 0 Å². The monoisotopic (exact) mass is 508 g/mol. The molecule has 1 aliphatic heterocycles. The summed E-state index contributed by atoms with van der Waals surface area (Å²) in [4.78, 5) is 33.4. The van der Waals surface area contributed by atoms with Gasteiger partial charge in [0.25, 0.3) is 5.91 Å². The second-order valence-corrected chi connectivity index (χ2v) is 9.79. The van der Waals surface area contributed by atoms with Crippen molar-refractivity contribution in [1.82, 2.24) is 20.4 Å². The van der Waals surface area contributed by atoms with Gasteiger partial charge in [-0.2, -0.15) is 4.98 Å². The van der Waals surface area contributed by atoms with E-state index < -0.39 is 5.41 Å². The molecule has 1 aliphatic rings. The van der Waals surface area contributed by atoms with Crippen molar-refractivity contribution in [2.45, 2.75) is 44.6 Å². The lowest BCUT2D eigenvalue weighted by atomic mass is 9.71. The van der Waals surface area contributed by atoms with E-state index in [1.54, 1.807) is 12.1 Å². The van der Waals surface area contributed by atoms with E-state index in [0.717, 1.165) is 16.7 Å². The van der Waals surface area contributed by atoms with E-state index in [0.29, 0.717) is 49.6 Å². The highest BCUT2D eigenvalue weighted by Gasteiger charge is 2.44. The van der Waals surface area contributed by atoms with Crippen molar-refractivity contribution in [1.29, 1.82) is 0 Å². The van der Waals surface area contributed by atoms with E-state index >= 15 is 0 Å². The van der Waals surface area contributed by atoms with E-state index in [2.05, 4.69) is 15.5 Å². The summed E-state index contributed by atoms with van der Waals surface area (Å²) >= 11 is 0. The van der Waals surface area contributed by atoms with Crippen molar-refractivity contribution in [3.05, 3.63) is 108 Å². The molecule has 0 unspecified atom stereocenters. The average molecular weight is 509 g/mol. The van der Waals surface area contributed by atoms with Crippen LogP contribution < -0.4 is 5.32 Å². The molecule has 1 fully saturated rings. The number of likely N-dealkylation sites (tertiary alicyclic amines) is 1. The van der Waals surface area contributed by atoms with E-state index in [1.165, 1.54) is 0 Å². The maximum Gasteiger partial charge on any atom is 0.253 e. The molecule has 0 aliphatic carbocycles. The third-order valence-electron chi connectivity index (χ3n) is 7.47. The van der Waals surface area contributed by atoms with Gasteiger partial charge in [-0.3, -0.25) is 9.59 Å². The number of hydrogen-bond donors (Lipinski definition) is 1. The van der Waals surface area contributed by atoms with E-state index in [1.807, 2.05) is 91.5 Å². The number of carbonyl (C=O) groups excluding carboxylic acids is 2. The zero-order valence-corrected chi connectivity index (χ0v) is 21.8. The van der Waals surface area contributed by atoms with Crippen LogP contribution in [0.3, 0.4) is 0 Å². The number of piperidine rings is 1. The molecule has 2 amide bonds. The van der Waals surface area contributed by atoms with Crippen molar-refractivity contribution < 1.29 is 14.1 Å². The molecule has 5 rings (SSSR count). The smallest absolute Gasteiger partial charge is 0.253 e. The van der Waals surface area contributed by atoms with Gasteiger partial charge in [0.2, 0.25) is 17.6 Å². The minimum atomic E-state index is -0.694. The summed E-state index contributed by atoms with van der Waals surface area (Å²) < 4.78 is 5.20. The largest absolute Gasteiger partial charge is 0.349 e. The summed E-state index contributed by atoms with van der Waals surface area (Å²) in [5.74, 6) is 1.06. The normalized spacial score (nSPS) is 15.6. The Balaban J connectivity index is 1.30. The molecule has 0 spiro atoms. The molecule has 0 bridgehead atoms. The Morgan fingerprint density at radius 2 is 1.58 bits per heavy atom. The molecule has 1 saturated heterocycles. The molecule has 1 aromatic heterocycles. The number of nitrogens with one attached hydrogen (secondary N) is 1. The van der Waals surface area contributed by atoms with E-state index in [9.17, 15) is 9.59 Å². The lowest BCUT2D eigenvalue weighted by Crippen LogP contribution is -2.53. The van der Waals surface area contributed by atoms with Crippen molar-refractivity contribution in [2.75, 3.05) is 13.1 Å². The quantitative estimate of drug-likeness (QED) is 0.364. The highest BCUT2D eigenvalue weighted by molar-refractivity contribution is 5.95. The van der Waals surface area contributed by atoms with Crippen molar-refractivity contribution in [2.24, 2.45) is 0 Å². The third-order valence-corrected chi connectivity index (χ3v) is 7.47. The highest BCUT2D eigenvalue weighted by Crippen LogP contribution is 2.37. The van der Waals surface area contributed by atoms with Crippen LogP contribution in [-0.2, 0) is 16.6 Å².